The first kappa shape index (κ1) is 31.6. The van der Waals surface area contributed by atoms with Crippen LogP contribution in [0.1, 0.15) is 84.6 Å². The number of hydrogen-bond acceptors (Lipinski definition) is 4. The fourth-order valence-electron chi connectivity index (χ4n) is 5.77. The number of allylic oxidation sites excluding steroid dienone is 4. The molecule has 0 spiro atoms. The smallest absolute Gasteiger partial charge is 0.303 e. The number of hydrogen-bond donors (Lipinski definition) is 4. The number of carbonyl (C=O) groups is 2. The number of aromatic amines is 2. The van der Waals surface area contributed by atoms with E-state index in [4.69, 9.17) is 9.97 Å². The largest absolute Gasteiger partial charge is 0.481 e. The van der Waals surface area contributed by atoms with Crippen LogP contribution in [0, 0.1) is 13.8 Å². The number of H-pyrrole nitrogens is 2. The van der Waals surface area contributed by atoms with Crippen LogP contribution >= 0.6 is 0 Å². The summed E-state index contributed by atoms with van der Waals surface area (Å²) >= 11 is 0. The zero-order valence-corrected chi connectivity index (χ0v) is 26.9. The summed E-state index contributed by atoms with van der Waals surface area (Å²) in [6.45, 7) is 16.1. The maximum absolute atomic E-state index is 11.5. The van der Waals surface area contributed by atoms with Gasteiger partial charge < -0.3 is 20.2 Å². The number of carboxylic acids is 2. The summed E-state index contributed by atoms with van der Waals surface area (Å²) in [5.74, 6) is -1.78. The third-order valence-electron chi connectivity index (χ3n) is 8.22. The molecular weight excluding hydrogens is 723 g/mol. The molecule has 0 unspecified atom stereocenters. The molecule has 9 heteroatoms. The number of aromatic nitrogens is 4. The Hall–Kier alpha value is -4.29. The standard InChI is InChI=1S/C34H34N4O4.Pt/c1-7-21-17(3)25-13-26-19(5)23(9-11-33(39)40)31(37-26)16-32-24(10-12-34(41)42)20(6)28(38-32)15-30-22(8-2)18(4)27(36-30)14-29(21)35-25;/h7-8,13-16,35-36H,1-2,9-12H2,3-6H3,(H,39,40)(H,41,42);. The first-order valence-corrected chi connectivity index (χ1v) is 13.9. The van der Waals surface area contributed by atoms with E-state index in [-0.39, 0.29) is 33.9 Å². The maximum atomic E-state index is 11.5. The van der Waals surface area contributed by atoms with E-state index in [1.807, 2.05) is 58.0 Å². The quantitative estimate of drug-likeness (QED) is 0.186. The Kier molecular flexibility index (Phi) is 9.21. The van der Waals surface area contributed by atoms with Gasteiger partial charge in [0.15, 0.2) is 0 Å². The molecule has 3 aromatic heterocycles. The molecule has 0 aromatic carbocycles. The van der Waals surface area contributed by atoms with Gasteiger partial charge in [-0.05, 0) is 98.2 Å². The van der Waals surface area contributed by atoms with Gasteiger partial charge in [0.25, 0.3) is 0 Å². The molecule has 0 aliphatic carbocycles. The molecule has 2 aliphatic rings. The number of aryl methyl sites for hydroxylation is 2. The molecule has 0 amide bonds. The van der Waals surface area contributed by atoms with Gasteiger partial charge in [0, 0.05) is 67.1 Å². The Balaban J connectivity index is 0.00000423. The minimum absolute atomic E-state index is 0. The first-order valence-electron chi connectivity index (χ1n) is 13.9. The van der Waals surface area contributed by atoms with E-state index in [0.717, 1.165) is 78.0 Å². The fourth-order valence-corrected chi connectivity index (χ4v) is 5.77. The van der Waals surface area contributed by atoms with Crippen LogP contribution in [0.4, 0.5) is 0 Å². The summed E-state index contributed by atoms with van der Waals surface area (Å²) in [7, 11) is 0. The zero-order valence-electron chi connectivity index (χ0n) is 24.6. The van der Waals surface area contributed by atoms with Gasteiger partial charge in [-0.25, -0.2) is 9.97 Å². The van der Waals surface area contributed by atoms with Gasteiger partial charge in [0.2, 0.25) is 0 Å². The van der Waals surface area contributed by atoms with E-state index in [9.17, 15) is 19.8 Å². The van der Waals surface area contributed by atoms with Crippen molar-refractivity contribution in [2.45, 2.75) is 53.4 Å². The third-order valence-corrected chi connectivity index (χ3v) is 8.22. The monoisotopic (exact) mass is 757 g/mol. The maximum Gasteiger partial charge on any atom is 0.303 e. The van der Waals surface area contributed by atoms with Gasteiger partial charge in [-0.1, -0.05) is 25.3 Å². The second-order valence-electron chi connectivity index (χ2n) is 10.7. The van der Waals surface area contributed by atoms with Crippen molar-refractivity contribution in [2.75, 3.05) is 0 Å². The van der Waals surface area contributed by atoms with Crippen molar-refractivity contribution in [2.24, 2.45) is 0 Å². The number of rotatable bonds is 8. The van der Waals surface area contributed by atoms with Crippen LogP contribution in [-0.4, -0.2) is 42.1 Å². The van der Waals surface area contributed by atoms with Crippen LogP contribution in [0.25, 0.3) is 56.5 Å². The second kappa shape index (κ2) is 12.5. The molecule has 4 N–H and O–H groups in total. The van der Waals surface area contributed by atoms with Gasteiger partial charge >= 0.3 is 11.9 Å². The van der Waals surface area contributed by atoms with Crippen molar-refractivity contribution >= 4 is 68.4 Å². The van der Waals surface area contributed by atoms with Crippen LogP contribution in [0.2, 0.25) is 0 Å². The van der Waals surface area contributed by atoms with Gasteiger partial charge in [0.05, 0.1) is 22.8 Å². The topological polar surface area (TPSA) is 132 Å². The molecule has 0 saturated heterocycles. The molecule has 8 bridgehead atoms. The van der Waals surface area contributed by atoms with Crippen molar-refractivity contribution in [1.29, 1.82) is 0 Å². The number of aliphatic carboxylic acids is 2. The van der Waals surface area contributed by atoms with Crippen LogP contribution in [-0.2, 0) is 30.7 Å². The average molecular weight is 758 g/mol. The molecule has 43 heavy (non-hydrogen) atoms. The third kappa shape index (κ3) is 5.97. The molecule has 3 aromatic rings. The van der Waals surface area contributed by atoms with E-state index < -0.39 is 11.9 Å². The van der Waals surface area contributed by atoms with Crippen molar-refractivity contribution < 1.29 is 40.9 Å². The summed E-state index contributed by atoms with van der Waals surface area (Å²) < 4.78 is 0. The normalized spacial score (nSPS) is 12.7. The van der Waals surface area contributed by atoms with E-state index >= 15 is 0 Å². The molecule has 5 heterocycles. The zero-order chi connectivity index (χ0) is 30.3. The van der Waals surface area contributed by atoms with E-state index in [1.165, 1.54) is 0 Å². The van der Waals surface area contributed by atoms with Gasteiger partial charge in [-0.2, -0.15) is 0 Å². The molecular formula is C34H34N4O4Pt. The molecule has 0 atom stereocenters. The number of carboxylic acid groups (broad SMARTS) is 2. The molecule has 0 saturated carbocycles. The first-order chi connectivity index (χ1) is 20.0. The molecule has 2 aliphatic heterocycles. The molecule has 0 fully saturated rings. The Bertz CT molecular complexity index is 1920. The van der Waals surface area contributed by atoms with E-state index in [1.54, 1.807) is 0 Å². The second-order valence-corrected chi connectivity index (χ2v) is 10.7. The van der Waals surface area contributed by atoms with Crippen molar-refractivity contribution in [3.63, 3.8) is 0 Å². The van der Waals surface area contributed by atoms with Gasteiger partial charge in [0.1, 0.15) is 0 Å². The van der Waals surface area contributed by atoms with Crippen molar-refractivity contribution in [3.05, 3.63) is 82.5 Å². The summed E-state index contributed by atoms with van der Waals surface area (Å²) in [6, 6.07) is 7.88. The predicted molar refractivity (Wildman–Crippen MR) is 169 cm³/mol. The summed E-state index contributed by atoms with van der Waals surface area (Å²) in [5.41, 5.74) is 13.7. The minimum Gasteiger partial charge on any atom is -0.481 e. The summed E-state index contributed by atoms with van der Waals surface area (Å²) in [4.78, 5) is 40.0. The van der Waals surface area contributed by atoms with E-state index in [2.05, 4.69) is 29.2 Å². The Morgan fingerprint density at radius 3 is 1.49 bits per heavy atom. The van der Waals surface area contributed by atoms with Gasteiger partial charge in [-0.15, -0.1) is 0 Å². The molecule has 8 nitrogen and oxygen atoms in total. The fraction of sp³-hybridized carbons (Fsp3) is 0.235. The van der Waals surface area contributed by atoms with Crippen LogP contribution in [0.5, 0.6) is 0 Å². The van der Waals surface area contributed by atoms with Crippen LogP contribution < -0.4 is 0 Å². The predicted octanol–water partition coefficient (Wildman–Crippen LogP) is 7.81. The molecule has 224 valence electrons. The Morgan fingerprint density at radius 2 is 1.07 bits per heavy atom. The molecule has 0 radical (unpaired) electrons. The Morgan fingerprint density at radius 1 is 0.674 bits per heavy atom. The Labute approximate surface area is 264 Å². The van der Waals surface area contributed by atoms with Crippen LogP contribution in [0.3, 0.4) is 0 Å². The number of fused-ring (bicyclic) bond motifs is 8. The van der Waals surface area contributed by atoms with Crippen molar-refractivity contribution in [1.82, 2.24) is 19.9 Å². The number of nitrogens with one attached hydrogen (secondary N) is 2. The minimum atomic E-state index is -0.889. The van der Waals surface area contributed by atoms with Crippen molar-refractivity contribution in [3.8, 4) is 0 Å². The van der Waals surface area contributed by atoms with Crippen LogP contribution in [0.15, 0.2) is 37.4 Å². The average Bonchev–Trinajstić information content (AvgIpc) is 3.59. The summed E-state index contributed by atoms with van der Waals surface area (Å²) in [6.07, 6.45) is 4.20. The number of nitrogens with zero attached hydrogens (tertiary/aromatic N) is 2. The van der Waals surface area contributed by atoms with Gasteiger partial charge in [-0.3, -0.25) is 9.59 Å². The summed E-state index contributed by atoms with van der Waals surface area (Å²) in [5, 5.41) is 18.9. The van der Waals surface area contributed by atoms with E-state index in [0.29, 0.717) is 24.2 Å². The molecule has 5 rings (SSSR count). The SMILES string of the molecule is C=Cc1c(C)c2cc3[nH]c(cc4nc(cc5nc(cc1[nH]2)C(C)=C5CCC(=O)O)C(CCC(=O)O)=C4C)c(C)c3C=C.[Pt].